The van der Waals surface area contributed by atoms with Gasteiger partial charge < -0.3 is 10.2 Å². The van der Waals surface area contributed by atoms with E-state index in [1.54, 1.807) is 24.8 Å². The van der Waals surface area contributed by atoms with Crippen molar-refractivity contribution in [1.29, 1.82) is 0 Å². The van der Waals surface area contributed by atoms with Gasteiger partial charge in [0.2, 0.25) is 5.91 Å². The van der Waals surface area contributed by atoms with Gasteiger partial charge in [0.15, 0.2) is 5.13 Å². The van der Waals surface area contributed by atoms with Crippen LogP contribution in [-0.2, 0) is 10.2 Å². The number of benzene rings is 1. The van der Waals surface area contributed by atoms with Gasteiger partial charge >= 0.3 is 6.18 Å². The summed E-state index contributed by atoms with van der Waals surface area (Å²) in [6.45, 7) is 9.41. The highest BCUT2D eigenvalue weighted by molar-refractivity contribution is 7.16. The van der Waals surface area contributed by atoms with E-state index in [0.717, 1.165) is 4.88 Å². The number of rotatable bonds is 5. The third-order valence-electron chi connectivity index (χ3n) is 5.78. The van der Waals surface area contributed by atoms with E-state index in [-0.39, 0.29) is 46.4 Å². The fourth-order valence-corrected chi connectivity index (χ4v) is 5.79. The van der Waals surface area contributed by atoms with Crippen molar-refractivity contribution in [3.63, 3.8) is 0 Å². The van der Waals surface area contributed by atoms with Gasteiger partial charge in [0.25, 0.3) is 0 Å². The maximum Gasteiger partial charge on any atom is 0.400 e. The second kappa shape index (κ2) is 9.70. The monoisotopic (exact) mass is 533 g/mol. The van der Waals surface area contributed by atoms with Crippen LogP contribution in [0.5, 0.6) is 0 Å². The lowest BCUT2D eigenvalue weighted by atomic mass is 9.79. The molecule has 3 rings (SSSR count). The van der Waals surface area contributed by atoms with Crippen LogP contribution in [0, 0.1) is 12.3 Å². The van der Waals surface area contributed by atoms with E-state index in [1.807, 2.05) is 20.8 Å². The van der Waals surface area contributed by atoms with Gasteiger partial charge in [-0.2, -0.15) is 13.2 Å². The minimum absolute atomic E-state index is 0.0529. The Morgan fingerprint density at radius 1 is 1.24 bits per heavy atom. The maximum absolute atomic E-state index is 14.4. The minimum atomic E-state index is -4.50. The van der Waals surface area contributed by atoms with Crippen molar-refractivity contribution in [2.75, 3.05) is 18.0 Å². The molecule has 1 aliphatic heterocycles. The Hall–Kier alpha value is -1.77. The van der Waals surface area contributed by atoms with Crippen LogP contribution in [0.15, 0.2) is 24.3 Å². The first kappa shape index (κ1) is 26.8. The number of carbonyl (C=O) groups is 1. The van der Waals surface area contributed by atoms with E-state index >= 15 is 0 Å². The molecular formula is C24H28Cl2F3N3OS. The lowest BCUT2D eigenvalue weighted by molar-refractivity contribution is -0.184. The zero-order chi connectivity index (χ0) is 25.5. The molecule has 1 atom stereocenters. The Morgan fingerprint density at radius 3 is 2.38 bits per heavy atom. The Bertz CT molecular complexity index is 1090. The second-order valence-corrected chi connectivity index (χ2v) is 11.7. The number of allylic oxidation sites excluding steroid dienone is 1. The summed E-state index contributed by atoms with van der Waals surface area (Å²) in [7, 11) is 0. The average Bonchev–Trinajstić information content (AvgIpc) is 3.28. The van der Waals surface area contributed by atoms with Crippen molar-refractivity contribution in [1.82, 2.24) is 10.3 Å². The maximum atomic E-state index is 14.4. The number of thiazole rings is 1. The van der Waals surface area contributed by atoms with E-state index < -0.39 is 11.6 Å². The molecule has 1 unspecified atom stereocenters. The highest BCUT2D eigenvalue weighted by atomic mass is 35.5. The van der Waals surface area contributed by atoms with Crippen molar-refractivity contribution in [3.05, 3.63) is 50.5 Å². The molecule has 34 heavy (non-hydrogen) atoms. The third kappa shape index (κ3) is 5.71. The molecule has 0 aliphatic carbocycles. The number of nitrogens with zero attached hydrogens (tertiary/aromatic N) is 2. The van der Waals surface area contributed by atoms with E-state index in [9.17, 15) is 18.0 Å². The summed E-state index contributed by atoms with van der Waals surface area (Å²) in [6.07, 6.45) is -2.51. The Balaban J connectivity index is 1.89. The molecule has 4 nitrogen and oxygen atoms in total. The molecule has 0 saturated carbocycles. The fourth-order valence-electron chi connectivity index (χ4n) is 4.14. The van der Waals surface area contributed by atoms with Gasteiger partial charge in [-0.1, -0.05) is 61.4 Å². The molecule has 0 bridgehead atoms. The van der Waals surface area contributed by atoms with Gasteiger partial charge in [-0.05, 0) is 49.4 Å². The number of aryl methyl sites for hydroxylation is 1. The predicted molar refractivity (Wildman–Crippen MR) is 134 cm³/mol. The summed E-state index contributed by atoms with van der Waals surface area (Å²) in [5.41, 5.74) is -0.961. The summed E-state index contributed by atoms with van der Waals surface area (Å²) in [6, 6.07) is 4.10. The quantitative estimate of drug-likeness (QED) is 0.435. The van der Waals surface area contributed by atoms with Crippen molar-refractivity contribution < 1.29 is 18.0 Å². The molecule has 2 heterocycles. The number of carbonyl (C=O) groups excluding carboxylic acids is 1. The van der Waals surface area contributed by atoms with Crippen LogP contribution in [0.3, 0.4) is 0 Å². The summed E-state index contributed by atoms with van der Waals surface area (Å²) >= 11 is 13.3. The number of halogens is 5. The van der Waals surface area contributed by atoms with Gasteiger partial charge in [0, 0.05) is 29.6 Å². The molecule has 186 valence electrons. The van der Waals surface area contributed by atoms with Crippen molar-refractivity contribution in [3.8, 4) is 0 Å². The van der Waals surface area contributed by atoms with Gasteiger partial charge in [-0.15, -0.1) is 0 Å². The number of hydrogen-bond acceptors (Lipinski definition) is 4. The fraction of sp³-hybridized carbons (Fsp3) is 0.500. The first-order valence-corrected chi connectivity index (χ1v) is 12.4. The minimum Gasteiger partial charge on any atom is -0.347 e. The molecule has 1 aliphatic rings. The van der Waals surface area contributed by atoms with Gasteiger partial charge in [-0.3, -0.25) is 4.79 Å². The summed E-state index contributed by atoms with van der Waals surface area (Å²) < 4.78 is 43.2. The summed E-state index contributed by atoms with van der Waals surface area (Å²) in [4.78, 5) is 19.4. The molecule has 1 fully saturated rings. The molecular weight excluding hydrogens is 506 g/mol. The number of aromatic nitrogens is 1. The molecule has 2 aromatic rings. The van der Waals surface area contributed by atoms with Crippen LogP contribution in [0.25, 0.3) is 5.70 Å². The topological polar surface area (TPSA) is 45.2 Å². The van der Waals surface area contributed by atoms with Crippen LogP contribution in [0.2, 0.25) is 10.0 Å². The van der Waals surface area contributed by atoms with Gasteiger partial charge in [0.1, 0.15) is 5.41 Å². The van der Waals surface area contributed by atoms with Crippen molar-refractivity contribution >= 4 is 51.3 Å². The molecule has 0 spiro atoms. The van der Waals surface area contributed by atoms with Gasteiger partial charge in [-0.25, -0.2) is 4.98 Å². The summed E-state index contributed by atoms with van der Waals surface area (Å²) in [5, 5.41) is 3.74. The van der Waals surface area contributed by atoms with E-state index in [4.69, 9.17) is 23.2 Å². The highest BCUT2D eigenvalue weighted by Crippen LogP contribution is 2.50. The normalized spacial score (nSPS) is 19.6. The molecule has 0 radical (unpaired) electrons. The van der Waals surface area contributed by atoms with E-state index in [2.05, 4.69) is 10.3 Å². The largest absolute Gasteiger partial charge is 0.400 e. The lowest BCUT2D eigenvalue weighted by Gasteiger charge is -2.32. The lowest BCUT2D eigenvalue weighted by Crippen LogP contribution is -2.44. The van der Waals surface area contributed by atoms with Crippen LogP contribution in [0.4, 0.5) is 18.3 Å². The van der Waals surface area contributed by atoms with Crippen LogP contribution < -0.4 is 10.2 Å². The zero-order valence-electron chi connectivity index (χ0n) is 19.7. The van der Waals surface area contributed by atoms with Crippen LogP contribution in [0.1, 0.15) is 56.7 Å². The van der Waals surface area contributed by atoms with E-state index in [0.29, 0.717) is 22.9 Å². The Kier molecular flexibility index (Phi) is 7.66. The highest BCUT2D eigenvalue weighted by Gasteiger charge is 2.59. The number of hydrogen-bond donors (Lipinski definition) is 1. The molecule has 10 heteroatoms. The molecule has 1 saturated heterocycles. The molecule has 1 N–H and O–H groups in total. The predicted octanol–water partition coefficient (Wildman–Crippen LogP) is 7.38. The Morgan fingerprint density at radius 2 is 1.85 bits per heavy atom. The average molecular weight is 534 g/mol. The van der Waals surface area contributed by atoms with Crippen molar-refractivity contribution in [2.45, 2.75) is 59.1 Å². The number of amides is 1. The first-order valence-electron chi connectivity index (χ1n) is 10.9. The smallest absolute Gasteiger partial charge is 0.347 e. The molecule has 1 aromatic carbocycles. The van der Waals surface area contributed by atoms with Crippen LogP contribution in [-0.4, -0.2) is 30.2 Å². The molecule has 1 amide bonds. The molecule has 1 aromatic heterocycles. The number of anilines is 1. The first-order chi connectivity index (χ1) is 15.6. The second-order valence-electron chi connectivity index (χ2n) is 9.81. The summed E-state index contributed by atoms with van der Waals surface area (Å²) in [5.74, 6) is -0.120. The third-order valence-corrected chi connectivity index (χ3v) is 7.47. The number of nitrogens with one attached hydrogen (secondary N) is 1. The van der Waals surface area contributed by atoms with Gasteiger partial charge in [0.05, 0.1) is 16.3 Å². The van der Waals surface area contributed by atoms with E-state index in [1.165, 1.54) is 29.5 Å². The SMILES string of the molecule is CC=C(NC(=O)CC(C)(C)C)c1sc(N2CCC(c3cc(Cl)cc(Cl)c3)(C(F)(F)F)C2)nc1C. The standard InChI is InChI=1S/C24H28Cl2F3N3OS/c1-6-18(31-19(33)12-22(3,4)5)20-14(2)30-21(34-20)32-8-7-23(13-32,24(27,28)29)15-9-16(25)11-17(26)10-15/h6,9-11H,7-8,12-13H2,1-5H3,(H,31,33). The number of alkyl halides is 3. The zero-order valence-corrected chi connectivity index (χ0v) is 22.1. The van der Waals surface area contributed by atoms with Crippen LogP contribution >= 0.6 is 34.5 Å². The Labute approximate surface area is 212 Å². The van der Waals surface area contributed by atoms with Crippen molar-refractivity contribution in [2.24, 2.45) is 5.41 Å².